The Labute approximate surface area is 113 Å². The van der Waals surface area contributed by atoms with Gasteiger partial charge in [0.1, 0.15) is 5.84 Å². The fourth-order valence-electron chi connectivity index (χ4n) is 1.93. The van der Waals surface area contributed by atoms with Gasteiger partial charge in [-0.05, 0) is 53.0 Å². The number of aromatic nitrogens is 2. The molecule has 1 aromatic heterocycles. The highest BCUT2D eigenvalue weighted by Gasteiger charge is 2.26. The first-order valence-corrected chi connectivity index (χ1v) is 6.64. The maximum Gasteiger partial charge on any atom is 0.122 e. The third-order valence-electron chi connectivity index (χ3n) is 3.11. The van der Waals surface area contributed by atoms with Gasteiger partial charge in [-0.1, -0.05) is 0 Å². The highest BCUT2D eigenvalue weighted by Crippen LogP contribution is 2.39. The summed E-state index contributed by atoms with van der Waals surface area (Å²) in [7, 11) is 0. The zero-order valence-electron chi connectivity index (χ0n) is 9.73. The van der Waals surface area contributed by atoms with E-state index >= 15 is 0 Å². The summed E-state index contributed by atoms with van der Waals surface area (Å²) in [6.07, 6.45) is 4.48. The smallest absolute Gasteiger partial charge is 0.122 e. The Kier molecular flexibility index (Phi) is 2.70. The number of rotatable bonds is 3. The van der Waals surface area contributed by atoms with Crippen LogP contribution < -0.4 is 5.73 Å². The summed E-state index contributed by atoms with van der Waals surface area (Å²) >= 11 is 3.50. The summed E-state index contributed by atoms with van der Waals surface area (Å²) in [5, 5.41) is 12.0. The van der Waals surface area contributed by atoms with Gasteiger partial charge in [0.25, 0.3) is 0 Å². The Balaban J connectivity index is 1.97. The molecule has 1 heterocycles. The van der Waals surface area contributed by atoms with Crippen LogP contribution in [0.5, 0.6) is 0 Å². The van der Waals surface area contributed by atoms with Crippen molar-refractivity contribution in [1.29, 1.82) is 5.41 Å². The molecular weight excluding hydrogens is 292 g/mol. The molecule has 0 unspecified atom stereocenters. The van der Waals surface area contributed by atoms with Crippen molar-refractivity contribution in [3.05, 3.63) is 46.2 Å². The van der Waals surface area contributed by atoms with Gasteiger partial charge >= 0.3 is 0 Å². The molecular formula is C13H13BrN4. The van der Waals surface area contributed by atoms with Gasteiger partial charge in [0.2, 0.25) is 0 Å². The molecule has 0 radical (unpaired) electrons. The predicted octanol–water partition coefficient (Wildman–Crippen LogP) is 2.80. The molecule has 0 atom stereocenters. The van der Waals surface area contributed by atoms with Gasteiger partial charge in [0.05, 0.1) is 11.4 Å². The third-order valence-corrected chi connectivity index (χ3v) is 3.75. The van der Waals surface area contributed by atoms with E-state index in [4.69, 9.17) is 11.1 Å². The normalized spacial score (nSPS) is 14.7. The SMILES string of the molecule is N=C(N)c1ccc(-n2ccc(C3CC3)n2)c(Br)c1. The summed E-state index contributed by atoms with van der Waals surface area (Å²) in [5.74, 6) is 0.725. The van der Waals surface area contributed by atoms with E-state index < -0.39 is 0 Å². The molecule has 2 aromatic rings. The molecule has 1 aliphatic rings. The van der Waals surface area contributed by atoms with Crippen LogP contribution >= 0.6 is 15.9 Å². The second-order valence-corrected chi connectivity index (χ2v) is 5.39. The number of halogens is 1. The van der Waals surface area contributed by atoms with Gasteiger partial charge < -0.3 is 5.73 Å². The average molecular weight is 305 g/mol. The number of nitrogens with two attached hydrogens (primary N) is 1. The molecule has 0 bridgehead atoms. The van der Waals surface area contributed by atoms with Crippen LogP contribution in [0.2, 0.25) is 0 Å². The van der Waals surface area contributed by atoms with Crippen LogP contribution in [0.25, 0.3) is 5.69 Å². The van der Waals surface area contributed by atoms with E-state index in [1.807, 2.05) is 29.1 Å². The number of hydrogen-bond acceptors (Lipinski definition) is 2. The first kappa shape index (κ1) is 11.5. The minimum absolute atomic E-state index is 0.0707. The zero-order valence-corrected chi connectivity index (χ0v) is 11.3. The van der Waals surface area contributed by atoms with Gasteiger partial charge in [-0.15, -0.1) is 0 Å². The average Bonchev–Trinajstić information content (AvgIpc) is 3.08. The molecule has 1 fully saturated rings. The summed E-state index contributed by atoms with van der Waals surface area (Å²) in [6.45, 7) is 0. The lowest BCUT2D eigenvalue weighted by Crippen LogP contribution is -2.11. The molecule has 5 heteroatoms. The van der Waals surface area contributed by atoms with Crippen LogP contribution in [0.4, 0.5) is 0 Å². The Bertz CT molecular complexity index is 613. The van der Waals surface area contributed by atoms with Gasteiger partial charge in [-0.2, -0.15) is 5.10 Å². The third kappa shape index (κ3) is 2.06. The topological polar surface area (TPSA) is 67.7 Å². The maximum absolute atomic E-state index is 7.41. The van der Waals surface area contributed by atoms with E-state index in [0.717, 1.165) is 15.9 Å². The van der Waals surface area contributed by atoms with E-state index in [9.17, 15) is 0 Å². The maximum atomic E-state index is 7.41. The van der Waals surface area contributed by atoms with Crippen molar-refractivity contribution in [3.8, 4) is 5.69 Å². The quantitative estimate of drug-likeness (QED) is 0.676. The number of nitrogen functional groups attached to an aromatic ring is 1. The lowest BCUT2D eigenvalue weighted by atomic mass is 10.2. The molecule has 3 N–H and O–H groups in total. The fourth-order valence-corrected chi connectivity index (χ4v) is 2.49. The summed E-state index contributed by atoms with van der Waals surface area (Å²) in [5.41, 5.74) is 8.30. The van der Waals surface area contributed by atoms with E-state index in [1.54, 1.807) is 0 Å². The molecule has 1 aliphatic carbocycles. The molecule has 1 saturated carbocycles. The van der Waals surface area contributed by atoms with E-state index in [2.05, 4.69) is 27.1 Å². The number of nitrogens with one attached hydrogen (secondary N) is 1. The lowest BCUT2D eigenvalue weighted by molar-refractivity contribution is 0.834. The highest BCUT2D eigenvalue weighted by atomic mass is 79.9. The van der Waals surface area contributed by atoms with Crippen LogP contribution in [-0.2, 0) is 0 Å². The highest BCUT2D eigenvalue weighted by molar-refractivity contribution is 9.10. The van der Waals surface area contributed by atoms with Crippen molar-refractivity contribution in [2.24, 2.45) is 5.73 Å². The standard InChI is InChI=1S/C13H13BrN4/c14-10-7-9(13(15)16)3-4-12(10)18-6-5-11(17-18)8-1-2-8/h3-8H,1-2H2,(H3,15,16). The van der Waals surface area contributed by atoms with Crippen molar-refractivity contribution in [3.63, 3.8) is 0 Å². The van der Waals surface area contributed by atoms with Gasteiger partial charge in [0.15, 0.2) is 0 Å². The van der Waals surface area contributed by atoms with E-state index in [-0.39, 0.29) is 5.84 Å². The fraction of sp³-hybridized carbons (Fsp3) is 0.231. The monoisotopic (exact) mass is 304 g/mol. The van der Waals surface area contributed by atoms with Gasteiger partial charge in [-0.25, -0.2) is 4.68 Å². The van der Waals surface area contributed by atoms with Crippen LogP contribution in [-0.4, -0.2) is 15.6 Å². The van der Waals surface area contributed by atoms with E-state index in [1.165, 1.54) is 12.8 Å². The minimum Gasteiger partial charge on any atom is -0.384 e. The Morgan fingerprint density at radius 2 is 2.17 bits per heavy atom. The minimum atomic E-state index is 0.0707. The molecule has 1 aromatic carbocycles. The van der Waals surface area contributed by atoms with E-state index in [0.29, 0.717) is 11.5 Å². The second kappa shape index (κ2) is 4.24. The van der Waals surface area contributed by atoms with Crippen molar-refractivity contribution >= 4 is 21.8 Å². The molecule has 4 nitrogen and oxygen atoms in total. The molecule has 0 aliphatic heterocycles. The molecule has 3 rings (SSSR count). The number of hydrogen-bond donors (Lipinski definition) is 2. The molecule has 92 valence electrons. The van der Waals surface area contributed by atoms with Crippen molar-refractivity contribution in [1.82, 2.24) is 9.78 Å². The molecule has 0 saturated heterocycles. The van der Waals surface area contributed by atoms with Gasteiger partial charge in [0, 0.05) is 22.2 Å². The largest absolute Gasteiger partial charge is 0.384 e. The van der Waals surface area contributed by atoms with Crippen molar-refractivity contribution in [2.75, 3.05) is 0 Å². The first-order valence-electron chi connectivity index (χ1n) is 5.85. The second-order valence-electron chi connectivity index (χ2n) is 4.54. The van der Waals surface area contributed by atoms with Crippen LogP contribution in [0.15, 0.2) is 34.9 Å². The Morgan fingerprint density at radius 3 is 2.78 bits per heavy atom. The number of benzene rings is 1. The van der Waals surface area contributed by atoms with Crippen LogP contribution in [0.3, 0.4) is 0 Å². The van der Waals surface area contributed by atoms with Gasteiger partial charge in [-0.3, -0.25) is 5.41 Å². The molecule has 0 spiro atoms. The zero-order chi connectivity index (χ0) is 12.7. The first-order chi connectivity index (χ1) is 8.65. The predicted molar refractivity (Wildman–Crippen MR) is 74.3 cm³/mol. The summed E-state index contributed by atoms with van der Waals surface area (Å²) in [6, 6.07) is 7.67. The number of nitrogens with zero attached hydrogens (tertiary/aromatic N) is 2. The summed E-state index contributed by atoms with van der Waals surface area (Å²) < 4.78 is 2.75. The Hall–Kier alpha value is -1.62. The summed E-state index contributed by atoms with van der Waals surface area (Å²) in [4.78, 5) is 0. The van der Waals surface area contributed by atoms with Crippen molar-refractivity contribution in [2.45, 2.75) is 18.8 Å². The molecule has 0 amide bonds. The van der Waals surface area contributed by atoms with Crippen LogP contribution in [0, 0.1) is 5.41 Å². The molecule has 18 heavy (non-hydrogen) atoms. The number of amidine groups is 1. The van der Waals surface area contributed by atoms with Crippen molar-refractivity contribution < 1.29 is 0 Å². The Morgan fingerprint density at radius 1 is 1.39 bits per heavy atom. The van der Waals surface area contributed by atoms with Crippen LogP contribution in [0.1, 0.15) is 30.0 Å². The lowest BCUT2D eigenvalue weighted by Gasteiger charge is -2.06.